The predicted molar refractivity (Wildman–Crippen MR) is 123 cm³/mol. The average molecular weight is 437 g/mol. The van der Waals surface area contributed by atoms with Crippen LogP contribution in [0.4, 0.5) is 10.5 Å². The number of aryl methyl sites for hydroxylation is 1. The van der Waals surface area contributed by atoms with Gasteiger partial charge >= 0.3 is 11.9 Å². The van der Waals surface area contributed by atoms with Gasteiger partial charge in [-0.2, -0.15) is 0 Å². The smallest absolute Gasteiger partial charge is 0.333 e. The van der Waals surface area contributed by atoms with Crippen LogP contribution in [0.3, 0.4) is 0 Å². The minimum absolute atomic E-state index is 0.0775. The molecule has 0 saturated heterocycles. The number of carbonyl (C=O) groups is 2. The topological polar surface area (TPSA) is 95.8 Å². The van der Waals surface area contributed by atoms with Crippen molar-refractivity contribution < 1.29 is 18.7 Å². The van der Waals surface area contributed by atoms with Crippen molar-refractivity contribution in [1.82, 2.24) is 16.2 Å². The first-order valence-corrected chi connectivity index (χ1v) is 10.5. The maximum Gasteiger partial charge on any atom is 0.333 e. The Hall–Kier alpha value is -3.94. The van der Waals surface area contributed by atoms with E-state index in [0.717, 1.165) is 12.2 Å². The van der Waals surface area contributed by atoms with Gasteiger partial charge in [-0.05, 0) is 49.7 Å². The monoisotopic (exact) mass is 436 g/mol. The molecule has 168 valence electrons. The van der Waals surface area contributed by atoms with Gasteiger partial charge in [0, 0.05) is 25.3 Å². The maximum absolute atomic E-state index is 12.2. The molecule has 0 fully saturated rings. The summed E-state index contributed by atoms with van der Waals surface area (Å²) in [7, 11) is 0. The van der Waals surface area contributed by atoms with Gasteiger partial charge in [0.05, 0.1) is 0 Å². The van der Waals surface area contributed by atoms with E-state index < -0.39 is 11.9 Å². The summed E-state index contributed by atoms with van der Waals surface area (Å²) in [5.41, 5.74) is 6.97. The molecule has 32 heavy (non-hydrogen) atoms. The van der Waals surface area contributed by atoms with Gasteiger partial charge in [-0.3, -0.25) is 10.2 Å². The Balaban J connectivity index is 1.38. The fraction of sp³-hybridized carbons (Fsp3) is 0.250. The molecule has 0 unspecified atom stereocenters. The Bertz CT molecular complexity index is 1020. The van der Waals surface area contributed by atoms with Crippen molar-refractivity contribution in [2.45, 2.75) is 20.5 Å². The van der Waals surface area contributed by atoms with Crippen LogP contribution in [-0.2, 0) is 6.61 Å². The van der Waals surface area contributed by atoms with Crippen LogP contribution < -0.4 is 25.8 Å². The van der Waals surface area contributed by atoms with E-state index in [0.29, 0.717) is 24.6 Å². The highest BCUT2D eigenvalue weighted by Crippen LogP contribution is 2.18. The number of hydrogen-bond acceptors (Lipinski definition) is 5. The number of furan rings is 1. The Morgan fingerprint density at radius 3 is 2.47 bits per heavy atom. The third-order valence-corrected chi connectivity index (χ3v) is 4.80. The molecule has 3 N–H and O–H groups in total. The van der Waals surface area contributed by atoms with Crippen LogP contribution in [0, 0.1) is 6.92 Å². The summed E-state index contributed by atoms with van der Waals surface area (Å²) >= 11 is 0. The van der Waals surface area contributed by atoms with Crippen LogP contribution in [-0.4, -0.2) is 31.6 Å². The number of benzene rings is 2. The Labute approximate surface area is 187 Å². The highest BCUT2D eigenvalue weighted by Gasteiger charge is 2.13. The van der Waals surface area contributed by atoms with Crippen molar-refractivity contribution in [3.8, 4) is 5.75 Å². The Morgan fingerprint density at radius 2 is 1.72 bits per heavy atom. The molecule has 0 aliphatic carbocycles. The van der Waals surface area contributed by atoms with E-state index >= 15 is 0 Å². The Morgan fingerprint density at radius 1 is 0.969 bits per heavy atom. The lowest BCUT2D eigenvalue weighted by Gasteiger charge is -2.25. The van der Waals surface area contributed by atoms with Crippen molar-refractivity contribution in [3.05, 3.63) is 83.8 Å². The van der Waals surface area contributed by atoms with Crippen LogP contribution in [0.2, 0.25) is 0 Å². The normalized spacial score (nSPS) is 10.3. The fourth-order valence-corrected chi connectivity index (χ4v) is 3.14. The second-order valence-electron chi connectivity index (χ2n) is 7.07. The molecule has 8 nitrogen and oxygen atoms in total. The summed E-state index contributed by atoms with van der Waals surface area (Å²) in [5, 5.41) is 2.73. The van der Waals surface area contributed by atoms with Crippen molar-refractivity contribution in [1.29, 1.82) is 0 Å². The molecule has 3 rings (SSSR count). The number of nitrogens with zero attached hydrogens (tertiary/aromatic N) is 1. The summed E-state index contributed by atoms with van der Waals surface area (Å²) < 4.78 is 11.1. The molecule has 3 aromatic rings. The summed E-state index contributed by atoms with van der Waals surface area (Å²) in [5.74, 6) is 0.728. The summed E-state index contributed by atoms with van der Waals surface area (Å²) in [6, 6.07) is 20.1. The minimum atomic E-state index is -0.554. The molecule has 0 atom stereocenters. The van der Waals surface area contributed by atoms with Gasteiger partial charge in [0.25, 0.3) is 0 Å². The van der Waals surface area contributed by atoms with Crippen LogP contribution in [0.25, 0.3) is 0 Å². The van der Waals surface area contributed by atoms with Crippen molar-refractivity contribution in [2.75, 3.05) is 24.5 Å². The first kappa shape index (κ1) is 22.7. The zero-order valence-corrected chi connectivity index (χ0v) is 18.3. The zero-order chi connectivity index (χ0) is 22.8. The molecular formula is C24H28N4O4. The number of amides is 3. The molecule has 0 bridgehead atoms. The van der Waals surface area contributed by atoms with Gasteiger partial charge in [0.2, 0.25) is 0 Å². The van der Waals surface area contributed by atoms with Gasteiger partial charge in [0.1, 0.15) is 18.1 Å². The van der Waals surface area contributed by atoms with Crippen LogP contribution in [0.5, 0.6) is 5.75 Å². The molecule has 0 saturated carbocycles. The number of anilines is 1. The number of hydrazine groups is 1. The number of nitrogens with one attached hydrogen (secondary N) is 3. The number of urea groups is 1. The summed E-state index contributed by atoms with van der Waals surface area (Å²) in [6.45, 7) is 6.20. The van der Waals surface area contributed by atoms with E-state index in [4.69, 9.17) is 9.15 Å². The second-order valence-corrected chi connectivity index (χ2v) is 7.07. The second kappa shape index (κ2) is 11.5. The van der Waals surface area contributed by atoms with E-state index in [9.17, 15) is 9.59 Å². The highest BCUT2D eigenvalue weighted by atomic mass is 16.5. The SMILES string of the molecule is CCN(CCNC(=O)NNC(=O)c1ccc(COc2ccccc2)o1)c1ccccc1C. The molecule has 1 heterocycles. The zero-order valence-electron chi connectivity index (χ0n) is 18.3. The Kier molecular flexibility index (Phi) is 8.14. The lowest BCUT2D eigenvalue weighted by Crippen LogP contribution is -2.48. The first-order valence-electron chi connectivity index (χ1n) is 10.5. The number of ether oxygens (including phenoxy) is 1. The number of para-hydroxylation sites is 2. The van der Waals surface area contributed by atoms with Crippen molar-refractivity contribution in [3.63, 3.8) is 0 Å². The summed E-state index contributed by atoms with van der Waals surface area (Å²) in [4.78, 5) is 26.4. The third kappa shape index (κ3) is 6.53. The summed E-state index contributed by atoms with van der Waals surface area (Å²) in [6.07, 6.45) is 0. The van der Waals surface area contributed by atoms with E-state index in [2.05, 4.69) is 47.0 Å². The average Bonchev–Trinajstić information content (AvgIpc) is 3.29. The standard InChI is InChI=1S/C24H28N4O4/c1-3-28(21-12-8-7-9-18(21)2)16-15-25-24(30)27-26-23(29)22-14-13-20(32-22)17-31-19-10-5-4-6-11-19/h4-14H,3,15-17H2,1-2H3,(H,26,29)(H2,25,27,30). The predicted octanol–water partition coefficient (Wildman–Crippen LogP) is 3.64. The van der Waals surface area contributed by atoms with Crippen LogP contribution >= 0.6 is 0 Å². The van der Waals surface area contributed by atoms with E-state index in [1.807, 2.05) is 42.5 Å². The molecule has 2 aromatic carbocycles. The molecule has 3 amide bonds. The lowest BCUT2D eigenvalue weighted by atomic mass is 10.2. The molecule has 0 aliphatic heterocycles. The largest absolute Gasteiger partial charge is 0.486 e. The maximum atomic E-state index is 12.2. The molecule has 8 heteroatoms. The molecule has 0 spiro atoms. The molecular weight excluding hydrogens is 408 g/mol. The van der Waals surface area contributed by atoms with E-state index in [-0.39, 0.29) is 12.4 Å². The highest BCUT2D eigenvalue weighted by molar-refractivity contribution is 5.92. The van der Waals surface area contributed by atoms with Gasteiger partial charge in [-0.1, -0.05) is 36.4 Å². The first-order chi connectivity index (χ1) is 15.6. The van der Waals surface area contributed by atoms with E-state index in [1.54, 1.807) is 6.07 Å². The van der Waals surface area contributed by atoms with Gasteiger partial charge < -0.3 is 19.4 Å². The lowest BCUT2D eigenvalue weighted by molar-refractivity contribution is 0.0904. The number of rotatable bonds is 9. The molecule has 0 radical (unpaired) electrons. The van der Waals surface area contributed by atoms with Crippen LogP contribution in [0.15, 0.2) is 71.1 Å². The number of carbonyl (C=O) groups excluding carboxylic acids is 2. The van der Waals surface area contributed by atoms with Gasteiger partial charge in [-0.25, -0.2) is 10.2 Å². The third-order valence-electron chi connectivity index (χ3n) is 4.80. The quantitative estimate of drug-likeness (QED) is 0.445. The van der Waals surface area contributed by atoms with E-state index in [1.165, 1.54) is 11.6 Å². The van der Waals surface area contributed by atoms with Crippen molar-refractivity contribution in [2.24, 2.45) is 0 Å². The number of hydrogen-bond donors (Lipinski definition) is 3. The van der Waals surface area contributed by atoms with Gasteiger partial charge in [0.15, 0.2) is 5.76 Å². The molecule has 1 aromatic heterocycles. The fourth-order valence-electron chi connectivity index (χ4n) is 3.14. The molecule has 0 aliphatic rings. The van der Waals surface area contributed by atoms with Crippen LogP contribution in [0.1, 0.15) is 28.8 Å². The number of likely N-dealkylation sites (N-methyl/N-ethyl adjacent to an activating group) is 1. The van der Waals surface area contributed by atoms with Gasteiger partial charge in [-0.15, -0.1) is 0 Å². The van der Waals surface area contributed by atoms with Crippen molar-refractivity contribution >= 4 is 17.6 Å². The minimum Gasteiger partial charge on any atom is -0.486 e.